The minimum absolute atomic E-state index is 0.152. The lowest BCUT2D eigenvalue weighted by Crippen LogP contribution is -2.14. The SMILES string of the molecule is Cc1ccc(S(=O)(=O)Nc2ccc(NCc3ccco3)nn2)cc1. The summed E-state index contributed by atoms with van der Waals surface area (Å²) < 4.78 is 32.1. The van der Waals surface area contributed by atoms with Crippen LogP contribution in [0.4, 0.5) is 11.6 Å². The van der Waals surface area contributed by atoms with Crippen molar-refractivity contribution in [2.75, 3.05) is 10.0 Å². The molecule has 0 saturated carbocycles. The predicted octanol–water partition coefficient (Wildman–Crippen LogP) is 2.79. The van der Waals surface area contributed by atoms with Crippen LogP contribution < -0.4 is 10.0 Å². The second kappa shape index (κ2) is 6.71. The van der Waals surface area contributed by atoms with Crippen molar-refractivity contribution < 1.29 is 12.8 Å². The van der Waals surface area contributed by atoms with Crippen molar-refractivity contribution in [2.45, 2.75) is 18.4 Å². The fourth-order valence-corrected chi connectivity index (χ4v) is 2.98. The third-order valence-electron chi connectivity index (χ3n) is 3.26. The van der Waals surface area contributed by atoms with Gasteiger partial charge in [0.15, 0.2) is 5.82 Å². The summed E-state index contributed by atoms with van der Waals surface area (Å²) in [6.45, 7) is 2.36. The number of rotatable bonds is 6. The summed E-state index contributed by atoms with van der Waals surface area (Å²) in [6.07, 6.45) is 1.59. The minimum atomic E-state index is -3.68. The summed E-state index contributed by atoms with van der Waals surface area (Å²) in [5, 5.41) is 10.8. The standard InChI is InChI=1S/C16H16N4O3S/c1-12-4-6-14(7-5-12)24(21,22)20-16-9-8-15(18-19-16)17-11-13-3-2-10-23-13/h2-10H,11H2,1H3,(H,17,18)(H,19,20). The average molecular weight is 344 g/mol. The summed E-state index contributed by atoms with van der Waals surface area (Å²) in [5.41, 5.74) is 0.987. The van der Waals surface area contributed by atoms with E-state index in [0.717, 1.165) is 11.3 Å². The van der Waals surface area contributed by atoms with Gasteiger partial charge in [-0.25, -0.2) is 8.42 Å². The molecule has 0 atom stereocenters. The van der Waals surface area contributed by atoms with Gasteiger partial charge in [-0.3, -0.25) is 4.72 Å². The van der Waals surface area contributed by atoms with Crippen LogP contribution >= 0.6 is 0 Å². The van der Waals surface area contributed by atoms with Gasteiger partial charge >= 0.3 is 0 Å². The Bertz CT molecular complexity index is 890. The first-order valence-electron chi connectivity index (χ1n) is 7.22. The number of benzene rings is 1. The lowest BCUT2D eigenvalue weighted by Gasteiger charge is -2.08. The molecule has 0 radical (unpaired) electrons. The number of sulfonamides is 1. The largest absolute Gasteiger partial charge is 0.467 e. The van der Waals surface area contributed by atoms with Crippen LogP contribution in [0.5, 0.6) is 0 Å². The van der Waals surface area contributed by atoms with Crippen LogP contribution in [-0.2, 0) is 16.6 Å². The van der Waals surface area contributed by atoms with Gasteiger partial charge in [0, 0.05) is 0 Å². The zero-order chi connectivity index (χ0) is 17.0. The molecular formula is C16H16N4O3S. The van der Waals surface area contributed by atoms with E-state index in [9.17, 15) is 8.42 Å². The van der Waals surface area contributed by atoms with E-state index in [-0.39, 0.29) is 10.7 Å². The molecule has 124 valence electrons. The van der Waals surface area contributed by atoms with E-state index in [4.69, 9.17) is 4.42 Å². The van der Waals surface area contributed by atoms with E-state index in [0.29, 0.717) is 12.4 Å². The minimum Gasteiger partial charge on any atom is -0.467 e. The monoisotopic (exact) mass is 344 g/mol. The second-order valence-corrected chi connectivity index (χ2v) is 6.84. The van der Waals surface area contributed by atoms with Gasteiger partial charge in [0.05, 0.1) is 17.7 Å². The highest BCUT2D eigenvalue weighted by atomic mass is 32.2. The summed E-state index contributed by atoms with van der Waals surface area (Å²) in [6, 6.07) is 13.4. The summed E-state index contributed by atoms with van der Waals surface area (Å²) >= 11 is 0. The lowest BCUT2D eigenvalue weighted by molar-refractivity contribution is 0.517. The molecule has 0 amide bonds. The van der Waals surface area contributed by atoms with Crippen LogP contribution in [0, 0.1) is 6.92 Å². The van der Waals surface area contributed by atoms with E-state index in [1.54, 1.807) is 48.7 Å². The molecule has 0 spiro atoms. The van der Waals surface area contributed by atoms with Gasteiger partial charge in [-0.1, -0.05) is 17.7 Å². The average Bonchev–Trinajstić information content (AvgIpc) is 3.08. The fourth-order valence-electron chi connectivity index (χ4n) is 1.99. The van der Waals surface area contributed by atoms with E-state index in [1.807, 2.05) is 13.0 Å². The fraction of sp³-hybridized carbons (Fsp3) is 0.125. The molecule has 0 aliphatic heterocycles. The van der Waals surface area contributed by atoms with Crippen LogP contribution in [0.3, 0.4) is 0 Å². The molecule has 2 heterocycles. The zero-order valence-electron chi connectivity index (χ0n) is 12.9. The Balaban J connectivity index is 1.66. The Kier molecular flexibility index (Phi) is 4.48. The maximum Gasteiger partial charge on any atom is 0.263 e. The highest BCUT2D eigenvalue weighted by Gasteiger charge is 2.14. The quantitative estimate of drug-likeness (QED) is 0.714. The van der Waals surface area contributed by atoms with E-state index < -0.39 is 10.0 Å². The van der Waals surface area contributed by atoms with Crippen LogP contribution in [0.15, 0.2) is 64.1 Å². The molecule has 3 rings (SSSR count). The smallest absolute Gasteiger partial charge is 0.263 e. The predicted molar refractivity (Wildman–Crippen MR) is 90.1 cm³/mol. The Hall–Kier alpha value is -2.87. The number of furan rings is 1. The van der Waals surface area contributed by atoms with Crippen LogP contribution in [0.25, 0.3) is 0 Å². The Morgan fingerprint density at radius 1 is 1.00 bits per heavy atom. The van der Waals surface area contributed by atoms with Crippen molar-refractivity contribution in [1.82, 2.24) is 10.2 Å². The second-order valence-electron chi connectivity index (χ2n) is 5.16. The van der Waals surface area contributed by atoms with Gasteiger partial charge in [-0.05, 0) is 43.3 Å². The summed E-state index contributed by atoms with van der Waals surface area (Å²) in [4.78, 5) is 0.176. The highest BCUT2D eigenvalue weighted by molar-refractivity contribution is 7.92. The molecule has 1 aromatic carbocycles. The number of nitrogens with one attached hydrogen (secondary N) is 2. The zero-order valence-corrected chi connectivity index (χ0v) is 13.7. The first-order valence-corrected chi connectivity index (χ1v) is 8.71. The first-order chi connectivity index (χ1) is 11.5. The molecule has 3 aromatic rings. The molecule has 0 bridgehead atoms. The van der Waals surface area contributed by atoms with Gasteiger partial charge in [0.1, 0.15) is 11.6 Å². The van der Waals surface area contributed by atoms with Crippen LogP contribution in [0.2, 0.25) is 0 Å². The van der Waals surface area contributed by atoms with Crippen molar-refractivity contribution in [3.05, 3.63) is 66.1 Å². The Labute approximate surface area is 139 Å². The maximum atomic E-state index is 12.3. The van der Waals surface area contributed by atoms with E-state index >= 15 is 0 Å². The molecular weight excluding hydrogens is 328 g/mol. The molecule has 0 aliphatic carbocycles. The Morgan fingerprint density at radius 3 is 2.33 bits per heavy atom. The van der Waals surface area contributed by atoms with Crippen molar-refractivity contribution >= 4 is 21.7 Å². The molecule has 0 aliphatic rings. The van der Waals surface area contributed by atoms with Gasteiger partial charge in [-0.2, -0.15) is 0 Å². The first kappa shape index (κ1) is 16.0. The molecule has 0 unspecified atom stereocenters. The van der Waals surface area contributed by atoms with Crippen molar-refractivity contribution in [3.63, 3.8) is 0 Å². The number of hydrogen-bond acceptors (Lipinski definition) is 6. The van der Waals surface area contributed by atoms with Crippen molar-refractivity contribution in [1.29, 1.82) is 0 Å². The Morgan fingerprint density at radius 2 is 1.71 bits per heavy atom. The number of aromatic nitrogens is 2. The lowest BCUT2D eigenvalue weighted by atomic mass is 10.2. The van der Waals surface area contributed by atoms with Gasteiger partial charge in [0.25, 0.3) is 10.0 Å². The molecule has 7 nitrogen and oxygen atoms in total. The molecule has 8 heteroatoms. The summed E-state index contributed by atoms with van der Waals surface area (Å²) in [7, 11) is -3.68. The third-order valence-corrected chi connectivity index (χ3v) is 4.63. The van der Waals surface area contributed by atoms with E-state index in [2.05, 4.69) is 20.2 Å². The van der Waals surface area contributed by atoms with Gasteiger partial charge < -0.3 is 9.73 Å². The number of anilines is 2. The molecule has 0 saturated heterocycles. The molecule has 2 N–H and O–H groups in total. The van der Waals surface area contributed by atoms with Crippen LogP contribution in [0.1, 0.15) is 11.3 Å². The number of nitrogens with zero attached hydrogens (tertiary/aromatic N) is 2. The van der Waals surface area contributed by atoms with Crippen LogP contribution in [-0.4, -0.2) is 18.6 Å². The van der Waals surface area contributed by atoms with Crippen molar-refractivity contribution in [3.8, 4) is 0 Å². The summed E-state index contributed by atoms with van der Waals surface area (Å²) in [5.74, 6) is 1.43. The third kappa shape index (κ3) is 3.90. The molecule has 24 heavy (non-hydrogen) atoms. The molecule has 2 aromatic heterocycles. The van der Waals surface area contributed by atoms with Gasteiger partial charge in [-0.15, -0.1) is 10.2 Å². The number of aryl methyl sites for hydroxylation is 1. The topological polar surface area (TPSA) is 97.1 Å². The van der Waals surface area contributed by atoms with Gasteiger partial charge in [0.2, 0.25) is 0 Å². The highest BCUT2D eigenvalue weighted by Crippen LogP contribution is 2.15. The van der Waals surface area contributed by atoms with E-state index in [1.165, 1.54) is 0 Å². The molecule has 0 fully saturated rings. The van der Waals surface area contributed by atoms with Crippen molar-refractivity contribution in [2.24, 2.45) is 0 Å². The number of hydrogen-bond donors (Lipinski definition) is 2. The maximum absolute atomic E-state index is 12.3. The normalized spacial score (nSPS) is 11.2.